The fourth-order valence-electron chi connectivity index (χ4n) is 2.10. The molecule has 3 rings (SSSR count). The summed E-state index contributed by atoms with van der Waals surface area (Å²) >= 11 is 0. The molecule has 1 aliphatic rings. The fourth-order valence-corrected chi connectivity index (χ4v) is 2.10. The molecule has 1 aliphatic heterocycles. The lowest BCUT2D eigenvalue weighted by atomic mass is 10.0. The van der Waals surface area contributed by atoms with E-state index in [9.17, 15) is 4.79 Å². The van der Waals surface area contributed by atoms with Crippen molar-refractivity contribution in [3.63, 3.8) is 0 Å². The molecule has 0 radical (unpaired) electrons. The summed E-state index contributed by atoms with van der Waals surface area (Å²) in [7, 11) is 0. The Labute approximate surface area is 110 Å². The van der Waals surface area contributed by atoms with Crippen LogP contribution in [0.1, 0.15) is 16.7 Å². The second-order valence-corrected chi connectivity index (χ2v) is 4.29. The Morgan fingerprint density at radius 1 is 1.05 bits per heavy atom. The number of anilines is 1. The highest BCUT2D eigenvalue weighted by Crippen LogP contribution is 2.32. The Kier molecular flexibility index (Phi) is 2.62. The molecule has 0 aliphatic carbocycles. The van der Waals surface area contributed by atoms with E-state index < -0.39 is 0 Å². The summed E-state index contributed by atoms with van der Waals surface area (Å²) in [6, 6.07) is 16.8. The van der Waals surface area contributed by atoms with Gasteiger partial charge < -0.3 is 5.32 Å². The smallest absolute Gasteiger partial charge is 0.256 e. The molecule has 3 heteroatoms. The molecule has 0 spiro atoms. The molecular weight excluding hydrogens is 236 g/mol. The molecule has 2 aromatic carbocycles. The molecule has 0 fully saturated rings. The molecule has 19 heavy (non-hydrogen) atoms. The first-order valence-corrected chi connectivity index (χ1v) is 5.90. The number of para-hydroxylation sites is 1. The first kappa shape index (κ1) is 11.2. The van der Waals surface area contributed by atoms with Gasteiger partial charge in [0.1, 0.15) is 0 Å². The zero-order valence-electron chi connectivity index (χ0n) is 10.1. The van der Waals surface area contributed by atoms with Crippen LogP contribution < -0.4 is 5.32 Å². The summed E-state index contributed by atoms with van der Waals surface area (Å²) in [5.74, 6) is -0.0921. The van der Waals surface area contributed by atoms with Crippen LogP contribution in [0, 0.1) is 11.3 Å². The summed E-state index contributed by atoms with van der Waals surface area (Å²) in [6.45, 7) is 0. The van der Waals surface area contributed by atoms with E-state index in [0.29, 0.717) is 11.1 Å². The minimum absolute atomic E-state index is 0.0921. The molecule has 1 amide bonds. The van der Waals surface area contributed by atoms with E-state index in [4.69, 9.17) is 5.26 Å². The first-order valence-electron chi connectivity index (χ1n) is 5.90. The lowest BCUT2D eigenvalue weighted by Gasteiger charge is -1.98. The van der Waals surface area contributed by atoms with Gasteiger partial charge in [0.2, 0.25) is 0 Å². The summed E-state index contributed by atoms with van der Waals surface area (Å²) in [5.41, 5.74) is 3.92. The SMILES string of the molecule is N#Cc1ccc(/C=C2/C(=O)Nc3ccccc32)cc1. The zero-order chi connectivity index (χ0) is 13.2. The van der Waals surface area contributed by atoms with E-state index in [1.165, 1.54) is 0 Å². The highest BCUT2D eigenvalue weighted by atomic mass is 16.2. The number of amides is 1. The Balaban J connectivity index is 2.04. The minimum atomic E-state index is -0.0921. The number of carbonyl (C=O) groups excluding carboxylic acids is 1. The van der Waals surface area contributed by atoms with Crippen molar-refractivity contribution in [2.75, 3.05) is 5.32 Å². The Morgan fingerprint density at radius 2 is 1.79 bits per heavy atom. The van der Waals surface area contributed by atoms with Crippen LogP contribution in [0.4, 0.5) is 5.69 Å². The van der Waals surface area contributed by atoms with Crippen LogP contribution in [0.5, 0.6) is 0 Å². The van der Waals surface area contributed by atoms with E-state index >= 15 is 0 Å². The molecule has 0 atom stereocenters. The Bertz CT molecular complexity index is 721. The van der Waals surface area contributed by atoms with E-state index in [-0.39, 0.29) is 5.91 Å². The van der Waals surface area contributed by atoms with Crippen LogP contribution in [0.2, 0.25) is 0 Å². The van der Waals surface area contributed by atoms with Gasteiger partial charge in [-0.2, -0.15) is 5.26 Å². The second kappa shape index (κ2) is 4.43. The van der Waals surface area contributed by atoms with Gasteiger partial charge in [-0.05, 0) is 29.8 Å². The van der Waals surface area contributed by atoms with Crippen molar-refractivity contribution in [1.82, 2.24) is 0 Å². The number of hydrogen-bond donors (Lipinski definition) is 1. The maximum Gasteiger partial charge on any atom is 0.256 e. The number of benzene rings is 2. The molecule has 3 nitrogen and oxygen atoms in total. The summed E-state index contributed by atoms with van der Waals surface area (Å²) in [5, 5.41) is 11.6. The predicted molar refractivity (Wildman–Crippen MR) is 74.1 cm³/mol. The topological polar surface area (TPSA) is 52.9 Å². The van der Waals surface area contributed by atoms with E-state index in [0.717, 1.165) is 16.8 Å². The number of nitriles is 1. The van der Waals surface area contributed by atoms with Crippen LogP contribution in [0.25, 0.3) is 11.6 Å². The molecule has 0 saturated carbocycles. The summed E-state index contributed by atoms with van der Waals surface area (Å²) in [4.78, 5) is 11.9. The second-order valence-electron chi connectivity index (χ2n) is 4.29. The van der Waals surface area contributed by atoms with Crippen LogP contribution in [0.15, 0.2) is 48.5 Å². The number of nitrogens with zero attached hydrogens (tertiary/aromatic N) is 1. The van der Waals surface area contributed by atoms with Crippen LogP contribution in [-0.4, -0.2) is 5.91 Å². The normalized spacial score (nSPS) is 14.9. The van der Waals surface area contributed by atoms with Crippen molar-refractivity contribution in [1.29, 1.82) is 5.26 Å². The molecular formula is C16H10N2O. The number of carbonyl (C=O) groups is 1. The largest absolute Gasteiger partial charge is 0.321 e. The third-order valence-corrected chi connectivity index (χ3v) is 3.06. The predicted octanol–water partition coefficient (Wildman–Crippen LogP) is 3.05. The third-order valence-electron chi connectivity index (χ3n) is 3.06. The highest BCUT2D eigenvalue weighted by molar-refractivity contribution is 6.34. The van der Waals surface area contributed by atoms with Gasteiger partial charge in [0, 0.05) is 16.8 Å². The third kappa shape index (κ3) is 2.00. The van der Waals surface area contributed by atoms with E-state index in [1.54, 1.807) is 12.1 Å². The number of rotatable bonds is 1. The number of hydrogen-bond acceptors (Lipinski definition) is 2. The van der Waals surface area contributed by atoms with E-state index in [1.807, 2.05) is 42.5 Å². The summed E-state index contributed by atoms with van der Waals surface area (Å²) < 4.78 is 0. The van der Waals surface area contributed by atoms with Gasteiger partial charge in [-0.25, -0.2) is 0 Å². The van der Waals surface area contributed by atoms with Crippen molar-refractivity contribution in [2.24, 2.45) is 0 Å². The van der Waals surface area contributed by atoms with Crippen molar-refractivity contribution >= 4 is 23.2 Å². The van der Waals surface area contributed by atoms with Crippen molar-refractivity contribution in [2.45, 2.75) is 0 Å². The average Bonchev–Trinajstić information content (AvgIpc) is 2.76. The molecule has 1 N–H and O–H groups in total. The maximum atomic E-state index is 11.9. The molecule has 2 aromatic rings. The molecule has 90 valence electrons. The minimum Gasteiger partial charge on any atom is -0.321 e. The standard InChI is InChI=1S/C16H10N2O/c17-10-12-7-5-11(6-8-12)9-14-13-3-1-2-4-15(13)18-16(14)19/h1-9H,(H,18,19)/b14-9+. The van der Waals surface area contributed by atoms with Gasteiger partial charge in [-0.3, -0.25) is 4.79 Å². The van der Waals surface area contributed by atoms with Crippen molar-refractivity contribution in [3.8, 4) is 6.07 Å². The first-order chi connectivity index (χ1) is 9.28. The highest BCUT2D eigenvalue weighted by Gasteiger charge is 2.22. The summed E-state index contributed by atoms with van der Waals surface area (Å²) in [6.07, 6.45) is 1.84. The van der Waals surface area contributed by atoms with Gasteiger partial charge in [0.05, 0.1) is 11.6 Å². The Morgan fingerprint density at radius 3 is 2.53 bits per heavy atom. The maximum absolute atomic E-state index is 11.9. The quantitative estimate of drug-likeness (QED) is 0.786. The van der Waals surface area contributed by atoms with Gasteiger partial charge >= 0.3 is 0 Å². The zero-order valence-corrected chi connectivity index (χ0v) is 10.1. The van der Waals surface area contributed by atoms with Gasteiger partial charge in [0.15, 0.2) is 0 Å². The van der Waals surface area contributed by atoms with Crippen LogP contribution in [0.3, 0.4) is 0 Å². The number of nitrogens with one attached hydrogen (secondary N) is 1. The monoisotopic (exact) mass is 246 g/mol. The number of fused-ring (bicyclic) bond motifs is 1. The Hall–Kier alpha value is -2.86. The lowest BCUT2D eigenvalue weighted by Crippen LogP contribution is -2.03. The molecule has 1 heterocycles. The van der Waals surface area contributed by atoms with Crippen LogP contribution >= 0.6 is 0 Å². The van der Waals surface area contributed by atoms with Crippen LogP contribution in [-0.2, 0) is 4.79 Å². The molecule has 0 saturated heterocycles. The average molecular weight is 246 g/mol. The molecule has 0 unspecified atom stereocenters. The van der Waals surface area contributed by atoms with Gasteiger partial charge in [0.25, 0.3) is 5.91 Å². The van der Waals surface area contributed by atoms with Crippen molar-refractivity contribution < 1.29 is 4.79 Å². The molecule has 0 aromatic heterocycles. The van der Waals surface area contributed by atoms with Gasteiger partial charge in [-0.15, -0.1) is 0 Å². The van der Waals surface area contributed by atoms with Gasteiger partial charge in [-0.1, -0.05) is 30.3 Å². The molecule has 0 bridgehead atoms. The van der Waals surface area contributed by atoms with Crippen molar-refractivity contribution in [3.05, 3.63) is 65.2 Å². The van der Waals surface area contributed by atoms with E-state index in [2.05, 4.69) is 11.4 Å². The fraction of sp³-hybridized carbons (Fsp3) is 0. The lowest BCUT2D eigenvalue weighted by molar-refractivity contribution is -0.110.